The molecule has 9 heteroatoms. The summed E-state index contributed by atoms with van der Waals surface area (Å²) in [4.78, 5) is 11.6. The Morgan fingerprint density at radius 2 is 1.50 bits per heavy atom. The minimum absolute atomic E-state index is 0.0387. The van der Waals surface area contributed by atoms with Gasteiger partial charge >= 0.3 is 0 Å². The zero-order valence-corrected chi connectivity index (χ0v) is 16.8. The summed E-state index contributed by atoms with van der Waals surface area (Å²) in [5, 5.41) is 2.68. The predicted molar refractivity (Wildman–Crippen MR) is 107 cm³/mol. The van der Waals surface area contributed by atoms with E-state index in [0.717, 1.165) is 11.1 Å². The van der Waals surface area contributed by atoms with Gasteiger partial charge in [-0.3, -0.25) is 9.52 Å². The molecule has 2 N–H and O–H groups in total. The highest BCUT2D eigenvalue weighted by molar-refractivity contribution is 7.92. The second-order valence-corrected chi connectivity index (χ2v) is 8.31. The van der Waals surface area contributed by atoms with Gasteiger partial charge in [0.15, 0.2) is 17.5 Å². The topological polar surface area (TPSA) is 75.3 Å². The molecule has 0 aliphatic carbocycles. The van der Waals surface area contributed by atoms with E-state index in [-0.39, 0.29) is 11.3 Å². The van der Waals surface area contributed by atoms with Gasteiger partial charge in [0, 0.05) is 5.69 Å². The van der Waals surface area contributed by atoms with Crippen LogP contribution in [0.4, 0.5) is 24.5 Å². The highest BCUT2D eigenvalue weighted by Crippen LogP contribution is 2.25. The van der Waals surface area contributed by atoms with Crippen LogP contribution in [0.1, 0.15) is 21.5 Å². The molecule has 0 aliphatic heterocycles. The maximum absolute atomic E-state index is 14.0. The molecule has 0 saturated heterocycles. The third kappa shape index (κ3) is 4.46. The van der Waals surface area contributed by atoms with Gasteiger partial charge in [0.05, 0.1) is 11.3 Å². The summed E-state index contributed by atoms with van der Waals surface area (Å²) < 4.78 is 67.7. The quantitative estimate of drug-likeness (QED) is 0.568. The maximum Gasteiger partial charge on any atom is 0.264 e. The van der Waals surface area contributed by atoms with Crippen molar-refractivity contribution in [1.82, 2.24) is 0 Å². The van der Waals surface area contributed by atoms with E-state index in [2.05, 4.69) is 10.0 Å². The summed E-state index contributed by atoms with van der Waals surface area (Å²) in [7, 11) is -4.64. The van der Waals surface area contributed by atoms with Crippen LogP contribution < -0.4 is 10.0 Å². The van der Waals surface area contributed by atoms with Crippen molar-refractivity contribution >= 4 is 27.3 Å². The van der Waals surface area contributed by atoms with E-state index in [4.69, 9.17) is 0 Å². The average molecular weight is 434 g/mol. The summed E-state index contributed by atoms with van der Waals surface area (Å²) in [6, 6.07) is 12.2. The molecule has 0 bridgehead atoms. The minimum atomic E-state index is -4.64. The molecule has 0 fully saturated rings. The number of aryl methyl sites for hydroxylation is 2. The van der Waals surface area contributed by atoms with Gasteiger partial charge in [-0.2, -0.15) is 0 Å². The van der Waals surface area contributed by atoms with Crippen molar-refractivity contribution in [3.63, 3.8) is 0 Å². The van der Waals surface area contributed by atoms with Crippen molar-refractivity contribution < 1.29 is 26.4 Å². The molecule has 0 saturated carbocycles. The standard InChI is InChI=1S/C21H17F3N2O3S/c1-12-9-13(2)11-14(10-12)25-21(27)15-5-3-4-6-17(15)26-30(28,29)18-8-7-16(22)19(23)20(18)24/h3-11,26H,1-2H3,(H,25,27). The molecule has 0 radical (unpaired) electrons. The van der Waals surface area contributed by atoms with Crippen LogP contribution in [-0.4, -0.2) is 14.3 Å². The third-order valence-electron chi connectivity index (χ3n) is 4.18. The first-order valence-corrected chi connectivity index (χ1v) is 10.2. The van der Waals surface area contributed by atoms with Crippen LogP contribution in [0.5, 0.6) is 0 Å². The molecule has 0 aromatic heterocycles. The number of hydrogen-bond donors (Lipinski definition) is 2. The number of rotatable bonds is 5. The summed E-state index contributed by atoms with van der Waals surface area (Å²) in [5.41, 5.74) is 2.18. The highest BCUT2D eigenvalue weighted by Gasteiger charge is 2.25. The van der Waals surface area contributed by atoms with Crippen molar-refractivity contribution in [2.45, 2.75) is 18.7 Å². The van der Waals surface area contributed by atoms with Crippen molar-refractivity contribution in [2.24, 2.45) is 0 Å². The predicted octanol–water partition coefficient (Wildman–Crippen LogP) is 4.77. The van der Waals surface area contributed by atoms with Crippen LogP contribution >= 0.6 is 0 Å². The maximum atomic E-state index is 14.0. The second kappa shape index (κ2) is 8.19. The van der Waals surface area contributed by atoms with Gasteiger partial charge in [-0.05, 0) is 61.4 Å². The number of para-hydroxylation sites is 1. The fourth-order valence-corrected chi connectivity index (χ4v) is 4.08. The van der Waals surface area contributed by atoms with E-state index in [1.807, 2.05) is 19.9 Å². The number of anilines is 2. The number of nitrogens with one attached hydrogen (secondary N) is 2. The number of hydrogen-bond acceptors (Lipinski definition) is 3. The average Bonchev–Trinajstić information content (AvgIpc) is 2.65. The van der Waals surface area contributed by atoms with E-state index < -0.39 is 38.3 Å². The molecule has 3 rings (SSSR count). The molecule has 0 unspecified atom stereocenters. The van der Waals surface area contributed by atoms with E-state index in [0.29, 0.717) is 17.8 Å². The Hall–Kier alpha value is -3.33. The van der Waals surface area contributed by atoms with Crippen molar-refractivity contribution in [3.8, 4) is 0 Å². The number of carbonyl (C=O) groups is 1. The number of halogens is 3. The molecule has 0 spiro atoms. The van der Waals surface area contributed by atoms with Crippen LogP contribution in [0.3, 0.4) is 0 Å². The van der Waals surface area contributed by atoms with E-state index in [1.54, 1.807) is 12.1 Å². The second-order valence-electron chi connectivity index (χ2n) is 6.66. The lowest BCUT2D eigenvalue weighted by Gasteiger charge is -2.14. The fourth-order valence-electron chi connectivity index (χ4n) is 2.93. The minimum Gasteiger partial charge on any atom is -0.322 e. The number of sulfonamides is 1. The largest absolute Gasteiger partial charge is 0.322 e. The van der Waals surface area contributed by atoms with Gasteiger partial charge in [0.2, 0.25) is 0 Å². The first-order valence-electron chi connectivity index (χ1n) is 8.73. The molecule has 30 heavy (non-hydrogen) atoms. The molecule has 5 nitrogen and oxygen atoms in total. The van der Waals surface area contributed by atoms with Gasteiger partial charge in [-0.15, -0.1) is 0 Å². The van der Waals surface area contributed by atoms with Crippen LogP contribution in [0, 0.1) is 31.3 Å². The Labute approximate surface area is 171 Å². The summed E-state index contributed by atoms with van der Waals surface area (Å²) in [6.45, 7) is 3.72. The first-order chi connectivity index (χ1) is 14.1. The molecular weight excluding hydrogens is 417 g/mol. The van der Waals surface area contributed by atoms with Crippen molar-refractivity contribution in [2.75, 3.05) is 10.0 Å². The Morgan fingerprint density at radius 3 is 2.17 bits per heavy atom. The third-order valence-corrected chi connectivity index (χ3v) is 5.57. The van der Waals surface area contributed by atoms with E-state index in [9.17, 15) is 26.4 Å². The molecule has 0 aliphatic rings. The number of amides is 1. The molecule has 1 amide bonds. The van der Waals surface area contributed by atoms with E-state index >= 15 is 0 Å². The van der Waals surface area contributed by atoms with Crippen LogP contribution in [0.15, 0.2) is 59.5 Å². The van der Waals surface area contributed by atoms with Crippen molar-refractivity contribution in [1.29, 1.82) is 0 Å². The molecule has 3 aromatic carbocycles. The molecular formula is C21H17F3N2O3S. The Bertz CT molecular complexity index is 1220. The Morgan fingerprint density at radius 1 is 0.867 bits per heavy atom. The SMILES string of the molecule is Cc1cc(C)cc(NC(=O)c2ccccc2NS(=O)(=O)c2ccc(F)c(F)c2F)c1. The lowest BCUT2D eigenvalue weighted by molar-refractivity contribution is 0.102. The lowest BCUT2D eigenvalue weighted by Crippen LogP contribution is -2.20. The molecule has 0 heterocycles. The Balaban J connectivity index is 1.93. The summed E-state index contributed by atoms with van der Waals surface area (Å²) in [5.74, 6) is -5.87. The van der Waals surface area contributed by atoms with Crippen LogP contribution in [0.2, 0.25) is 0 Å². The smallest absolute Gasteiger partial charge is 0.264 e. The van der Waals surface area contributed by atoms with Crippen molar-refractivity contribution in [3.05, 3.63) is 88.7 Å². The Kier molecular flexibility index (Phi) is 5.84. The van der Waals surface area contributed by atoms with Crippen LogP contribution in [-0.2, 0) is 10.0 Å². The normalized spacial score (nSPS) is 11.2. The van der Waals surface area contributed by atoms with E-state index in [1.165, 1.54) is 24.3 Å². The zero-order valence-electron chi connectivity index (χ0n) is 16.0. The van der Waals surface area contributed by atoms with Gasteiger partial charge < -0.3 is 5.32 Å². The molecule has 3 aromatic rings. The number of carbonyl (C=O) groups excluding carboxylic acids is 1. The van der Waals surface area contributed by atoms with Gasteiger partial charge in [0.1, 0.15) is 4.90 Å². The molecule has 0 atom stereocenters. The summed E-state index contributed by atoms with van der Waals surface area (Å²) >= 11 is 0. The lowest BCUT2D eigenvalue weighted by atomic mass is 10.1. The zero-order chi connectivity index (χ0) is 22.1. The van der Waals surface area contributed by atoms with Gasteiger partial charge in [-0.25, -0.2) is 21.6 Å². The highest BCUT2D eigenvalue weighted by atomic mass is 32.2. The van der Waals surface area contributed by atoms with Gasteiger partial charge in [-0.1, -0.05) is 18.2 Å². The first kappa shape index (κ1) is 21.4. The van der Waals surface area contributed by atoms with Crippen LogP contribution in [0.25, 0.3) is 0 Å². The number of benzene rings is 3. The molecule has 156 valence electrons. The monoisotopic (exact) mass is 434 g/mol. The summed E-state index contributed by atoms with van der Waals surface area (Å²) in [6.07, 6.45) is 0. The van der Waals surface area contributed by atoms with Gasteiger partial charge in [0.25, 0.3) is 15.9 Å². The fraction of sp³-hybridized carbons (Fsp3) is 0.0952.